The molecule has 2 heterocycles. The van der Waals surface area contributed by atoms with Crippen LogP contribution in [-0.2, 0) is 13.0 Å². The SMILES string of the molecule is CCCCCCCCn1c(CCCl)nc2cc(C)cnc21. The zero-order valence-electron chi connectivity index (χ0n) is 13.2. The number of fused-ring (bicyclic) bond motifs is 1. The summed E-state index contributed by atoms with van der Waals surface area (Å²) in [4.78, 5) is 9.28. The molecule has 0 aliphatic rings. The Morgan fingerprint density at radius 2 is 1.90 bits per heavy atom. The molecule has 0 N–H and O–H groups in total. The van der Waals surface area contributed by atoms with E-state index in [1.165, 1.54) is 38.5 Å². The summed E-state index contributed by atoms with van der Waals surface area (Å²) in [6.07, 6.45) is 10.6. The van der Waals surface area contributed by atoms with Gasteiger partial charge in [0.05, 0.1) is 0 Å². The van der Waals surface area contributed by atoms with Gasteiger partial charge in [-0.25, -0.2) is 9.97 Å². The molecule has 116 valence electrons. The summed E-state index contributed by atoms with van der Waals surface area (Å²) in [6, 6.07) is 2.11. The van der Waals surface area contributed by atoms with Crippen LogP contribution in [0.15, 0.2) is 12.3 Å². The van der Waals surface area contributed by atoms with Crippen LogP contribution in [-0.4, -0.2) is 20.4 Å². The van der Waals surface area contributed by atoms with Crippen molar-refractivity contribution in [3.63, 3.8) is 0 Å². The Bertz CT molecular complexity index is 562. The van der Waals surface area contributed by atoms with E-state index in [-0.39, 0.29) is 0 Å². The summed E-state index contributed by atoms with van der Waals surface area (Å²) in [5.74, 6) is 1.69. The van der Waals surface area contributed by atoms with Crippen molar-refractivity contribution in [3.8, 4) is 0 Å². The van der Waals surface area contributed by atoms with Gasteiger partial charge in [-0.2, -0.15) is 0 Å². The number of imidazole rings is 1. The minimum Gasteiger partial charge on any atom is -0.313 e. The predicted molar refractivity (Wildman–Crippen MR) is 90.1 cm³/mol. The average Bonchev–Trinajstić information content (AvgIpc) is 2.80. The van der Waals surface area contributed by atoms with E-state index >= 15 is 0 Å². The van der Waals surface area contributed by atoms with Gasteiger partial charge in [-0.3, -0.25) is 0 Å². The first kappa shape index (κ1) is 16.3. The van der Waals surface area contributed by atoms with Crippen LogP contribution in [0.5, 0.6) is 0 Å². The molecule has 0 aliphatic carbocycles. The number of aryl methyl sites for hydroxylation is 3. The number of unbranched alkanes of at least 4 members (excludes halogenated alkanes) is 5. The average molecular weight is 308 g/mol. The highest BCUT2D eigenvalue weighted by atomic mass is 35.5. The molecule has 0 aromatic carbocycles. The standard InChI is InChI=1S/C17H26ClN3/c1-3-4-5-6-7-8-11-21-16(9-10-18)20-15-12-14(2)13-19-17(15)21/h12-13H,3-11H2,1-2H3. The number of halogens is 1. The first-order chi connectivity index (χ1) is 10.3. The number of pyridine rings is 1. The fourth-order valence-electron chi connectivity index (χ4n) is 2.72. The molecule has 0 atom stereocenters. The fraction of sp³-hybridized carbons (Fsp3) is 0.647. The molecule has 0 spiro atoms. The maximum absolute atomic E-state index is 5.91. The van der Waals surface area contributed by atoms with Gasteiger partial charge in [-0.15, -0.1) is 11.6 Å². The normalized spacial score (nSPS) is 11.4. The largest absolute Gasteiger partial charge is 0.313 e. The highest BCUT2D eigenvalue weighted by Crippen LogP contribution is 2.17. The minimum absolute atomic E-state index is 0.610. The Hall–Kier alpha value is -1.09. The van der Waals surface area contributed by atoms with Crippen molar-refractivity contribution in [2.75, 3.05) is 5.88 Å². The molecule has 0 bridgehead atoms. The summed E-state index contributed by atoms with van der Waals surface area (Å²) in [5, 5.41) is 0. The van der Waals surface area contributed by atoms with Crippen LogP contribution < -0.4 is 0 Å². The Morgan fingerprint density at radius 1 is 1.14 bits per heavy atom. The third-order valence-corrected chi connectivity index (χ3v) is 4.04. The quantitative estimate of drug-likeness (QED) is 0.488. The molecule has 2 aromatic rings. The van der Waals surface area contributed by atoms with Gasteiger partial charge in [0.2, 0.25) is 0 Å². The van der Waals surface area contributed by atoms with Crippen LogP contribution in [0.4, 0.5) is 0 Å². The van der Waals surface area contributed by atoms with Crippen molar-refractivity contribution < 1.29 is 0 Å². The van der Waals surface area contributed by atoms with E-state index in [1.807, 2.05) is 6.20 Å². The van der Waals surface area contributed by atoms with Crippen molar-refractivity contribution in [1.82, 2.24) is 14.5 Å². The monoisotopic (exact) mass is 307 g/mol. The van der Waals surface area contributed by atoms with Gasteiger partial charge in [0.25, 0.3) is 0 Å². The molecule has 21 heavy (non-hydrogen) atoms. The molecule has 0 saturated carbocycles. The molecule has 2 rings (SSSR count). The maximum atomic E-state index is 5.91. The molecular formula is C17H26ClN3. The Labute approximate surface area is 132 Å². The first-order valence-corrected chi connectivity index (χ1v) is 8.67. The van der Waals surface area contributed by atoms with Crippen molar-refractivity contribution in [2.24, 2.45) is 0 Å². The van der Waals surface area contributed by atoms with Crippen molar-refractivity contribution >= 4 is 22.8 Å². The lowest BCUT2D eigenvalue weighted by atomic mass is 10.1. The molecule has 0 aliphatic heterocycles. The maximum Gasteiger partial charge on any atom is 0.160 e. The molecule has 0 fully saturated rings. The van der Waals surface area contributed by atoms with Gasteiger partial charge in [0, 0.05) is 25.0 Å². The zero-order valence-corrected chi connectivity index (χ0v) is 14.0. The van der Waals surface area contributed by atoms with Crippen LogP contribution in [0.25, 0.3) is 11.2 Å². The van der Waals surface area contributed by atoms with Crippen LogP contribution in [0, 0.1) is 6.92 Å². The predicted octanol–water partition coefficient (Wildman–Crippen LogP) is 4.88. The van der Waals surface area contributed by atoms with E-state index in [4.69, 9.17) is 16.6 Å². The van der Waals surface area contributed by atoms with E-state index < -0.39 is 0 Å². The van der Waals surface area contributed by atoms with E-state index in [9.17, 15) is 0 Å². The van der Waals surface area contributed by atoms with Crippen LogP contribution in [0.1, 0.15) is 56.8 Å². The zero-order chi connectivity index (χ0) is 15.1. The second-order valence-electron chi connectivity index (χ2n) is 5.74. The van der Waals surface area contributed by atoms with E-state index in [1.54, 1.807) is 0 Å². The molecule has 0 radical (unpaired) electrons. The summed E-state index contributed by atoms with van der Waals surface area (Å²) >= 11 is 5.91. The third-order valence-electron chi connectivity index (χ3n) is 3.85. The second-order valence-corrected chi connectivity index (χ2v) is 6.12. The van der Waals surface area contributed by atoms with Gasteiger partial charge in [-0.05, 0) is 25.0 Å². The Balaban J connectivity index is 2.04. The van der Waals surface area contributed by atoms with Gasteiger partial charge in [0.15, 0.2) is 5.65 Å². The highest BCUT2D eigenvalue weighted by molar-refractivity contribution is 6.17. The van der Waals surface area contributed by atoms with Crippen molar-refractivity contribution in [1.29, 1.82) is 0 Å². The molecule has 2 aromatic heterocycles. The number of hydrogen-bond donors (Lipinski definition) is 0. The molecule has 0 amide bonds. The first-order valence-electron chi connectivity index (χ1n) is 8.14. The van der Waals surface area contributed by atoms with Crippen LogP contribution in [0.2, 0.25) is 0 Å². The molecule has 0 unspecified atom stereocenters. The van der Waals surface area contributed by atoms with Gasteiger partial charge in [0.1, 0.15) is 11.3 Å². The van der Waals surface area contributed by atoms with Crippen molar-refractivity contribution in [3.05, 3.63) is 23.7 Å². The Morgan fingerprint density at radius 3 is 2.67 bits per heavy atom. The second kappa shape index (κ2) is 8.38. The van der Waals surface area contributed by atoms with Crippen molar-refractivity contribution in [2.45, 2.75) is 65.3 Å². The number of rotatable bonds is 9. The van der Waals surface area contributed by atoms with E-state index in [2.05, 4.69) is 29.5 Å². The number of nitrogens with zero attached hydrogens (tertiary/aromatic N) is 3. The van der Waals surface area contributed by atoms with Gasteiger partial charge in [-0.1, -0.05) is 39.0 Å². The summed E-state index contributed by atoms with van der Waals surface area (Å²) in [7, 11) is 0. The fourth-order valence-corrected chi connectivity index (χ4v) is 2.89. The summed E-state index contributed by atoms with van der Waals surface area (Å²) < 4.78 is 2.26. The Kier molecular flexibility index (Phi) is 6.50. The summed E-state index contributed by atoms with van der Waals surface area (Å²) in [6.45, 7) is 5.31. The molecule has 3 nitrogen and oxygen atoms in total. The van der Waals surface area contributed by atoms with Crippen LogP contribution >= 0.6 is 11.6 Å². The highest BCUT2D eigenvalue weighted by Gasteiger charge is 2.11. The lowest BCUT2D eigenvalue weighted by Crippen LogP contribution is -2.05. The smallest absolute Gasteiger partial charge is 0.160 e. The molecule has 0 saturated heterocycles. The minimum atomic E-state index is 0.610. The van der Waals surface area contributed by atoms with Gasteiger partial charge < -0.3 is 4.57 Å². The number of hydrogen-bond acceptors (Lipinski definition) is 2. The molecular weight excluding hydrogens is 282 g/mol. The van der Waals surface area contributed by atoms with E-state index in [0.717, 1.165) is 35.5 Å². The lowest BCUT2D eigenvalue weighted by Gasteiger charge is -2.08. The summed E-state index contributed by atoms with van der Waals surface area (Å²) in [5.41, 5.74) is 3.17. The lowest BCUT2D eigenvalue weighted by molar-refractivity contribution is 0.553. The van der Waals surface area contributed by atoms with E-state index in [0.29, 0.717) is 5.88 Å². The van der Waals surface area contributed by atoms with Crippen LogP contribution in [0.3, 0.4) is 0 Å². The number of alkyl halides is 1. The van der Waals surface area contributed by atoms with Gasteiger partial charge >= 0.3 is 0 Å². The number of aromatic nitrogens is 3. The molecule has 4 heteroatoms. The third kappa shape index (κ3) is 4.44. The topological polar surface area (TPSA) is 30.7 Å².